The van der Waals surface area contributed by atoms with Gasteiger partial charge in [-0.05, 0) is 59.2 Å². The normalized spacial score (nSPS) is 35.3. The van der Waals surface area contributed by atoms with Gasteiger partial charge in [-0.25, -0.2) is 0 Å². The first-order valence-electron chi connectivity index (χ1n) is 7.33. The molecule has 17 heavy (non-hydrogen) atoms. The molecule has 2 saturated heterocycles. The molecule has 2 aliphatic rings. The van der Waals surface area contributed by atoms with Gasteiger partial charge in [0.1, 0.15) is 0 Å². The van der Waals surface area contributed by atoms with E-state index in [1.807, 2.05) is 0 Å². The summed E-state index contributed by atoms with van der Waals surface area (Å²) in [5.41, 5.74) is 0. The van der Waals surface area contributed by atoms with Crippen molar-refractivity contribution in [3.63, 3.8) is 0 Å². The highest BCUT2D eigenvalue weighted by atomic mass is 16.5. The summed E-state index contributed by atoms with van der Waals surface area (Å²) >= 11 is 0. The van der Waals surface area contributed by atoms with E-state index in [0.29, 0.717) is 12.2 Å². The lowest BCUT2D eigenvalue weighted by Gasteiger charge is -2.37. The molecule has 0 aromatic heterocycles. The van der Waals surface area contributed by atoms with Gasteiger partial charge in [0, 0.05) is 12.6 Å². The number of nitrogens with one attached hydrogen (secondary N) is 1. The molecule has 0 radical (unpaired) electrons. The highest BCUT2D eigenvalue weighted by molar-refractivity contribution is 4.82. The van der Waals surface area contributed by atoms with Crippen molar-refractivity contribution in [2.24, 2.45) is 0 Å². The van der Waals surface area contributed by atoms with E-state index in [1.165, 1.54) is 51.6 Å². The van der Waals surface area contributed by atoms with Crippen molar-refractivity contribution in [3.8, 4) is 0 Å². The fraction of sp³-hybridized carbons (Fsp3) is 1.00. The van der Waals surface area contributed by atoms with Crippen molar-refractivity contribution in [2.75, 3.05) is 26.7 Å². The minimum Gasteiger partial charge on any atom is -0.374 e. The second-order valence-electron chi connectivity index (χ2n) is 5.68. The summed E-state index contributed by atoms with van der Waals surface area (Å²) in [7, 11) is 2.05. The van der Waals surface area contributed by atoms with Crippen LogP contribution in [-0.4, -0.2) is 49.8 Å². The summed E-state index contributed by atoms with van der Waals surface area (Å²) in [6.07, 6.45) is 8.95. The lowest BCUT2D eigenvalue weighted by atomic mass is 9.98. The van der Waals surface area contributed by atoms with Crippen molar-refractivity contribution in [2.45, 2.75) is 63.7 Å². The Bertz CT molecular complexity index is 222. The van der Waals surface area contributed by atoms with E-state index >= 15 is 0 Å². The van der Waals surface area contributed by atoms with Crippen LogP contribution in [0.1, 0.15) is 45.4 Å². The first-order chi connectivity index (χ1) is 8.29. The molecular formula is C14H28N2O. The zero-order valence-corrected chi connectivity index (χ0v) is 11.5. The topological polar surface area (TPSA) is 24.5 Å². The smallest absolute Gasteiger partial charge is 0.0706 e. The Kier molecular flexibility index (Phi) is 5.26. The van der Waals surface area contributed by atoms with Crippen LogP contribution in [0.15, 0.2) is 0 Å². The molecule has 3 atom stereocenters. The maximum absolute atomic E-state index is 5.96. The lowest BCUT2D eigenvalue weighted by Crippen LogP contribution is -2.44. The Balaban J connectivity index is 1.79. The molecule has 3 heteroatoms. The maximum Gasteiger partial charge on any atom is 0.0706 e. The van der Waals surface area contributed by atoms with E-state index in [2.05, 4.69) is 24.2 Å². The molecule has 0 saturated carbocycles. The van der Waals surface area contributed by atoms with E-state index in [9.17, 15) is 0 Å². The molecule has 100 valence electrons. The molecule has 2 fully saturated rings. The van der Waals surface area contributed by atoms with Crippen molar-refractivity contribution in [1.82, 2.24) is 10.2 Å². The van der Waals surface area contributed by atoms with Gasteiger partial charge in [-0.2, -0.15) is 0 Å². The molecular weight excluding hydrogens is 212 g/mol. The summed E-state index contributed by atoms with van der Waals surface area (Å²) in [6.45, 7) is 5.79. The van der Waals surface area contributed by atoms with Crippen molar-refractivity contribution < 1.29 is 4.74 Å². The third-order valence-electron chi connectivity index (χ3n) is 4.23. The monoisotopic (exact) mass is 240 g/mol. The molecule has 0 aromatic rings. The van der Waals surface area contributed by atoms with Gasteiger partial charge in [-0.15, -0.1) is 0 Å². The Labute approximate surface area is 106 Å². The van der Waals surface area contributed by atoms with Crippen LogP contribution < -0.4 is 5.32 Å². The fourth-order valence-corrected chi connectivity index (χ4v) is 3.22. The molecule has 0 aromatic carbocycles. The Hall–Kier alpha value is -0.120. The maximum atomic E-state index is 5.96. The number of piperidine rings is 1. The largest absolute Gasteiger partial charge is 0.374 e. The van der Waals surface area contributed by atoms with Crippen LogP contribution in [0.3, 0.4) is 0 Å². The van der Waals surface area contributed by atoms with Crippen LogP contribution in [0, 0.1) is 0 Å². The quantitative estimate of drug-likeness (QED) is 0.795. The van der Waals surface area contributed by atoms with Crippen LogP contribution in [-0.2, 0) is 4.74 Å². The predicted molar refractivity (Wildman–Crippen MR) is 71.3 cm³/mol. The molecule has 0 spiro atoms. The van der Waals surface area contributed by atoms with Gasteiger partial charge in [0.25, 0.3) is 0 Å². The lowest BCUT2D eigenvalue weighted by molar-refractivity contribution is 0.0125. The molecule has 0 aliphatic carbocycles. The summed E-state index contributed by atoms with van der Waals surface area (Å²) in [6, 6.07) is 0.788. The molecule has 2 heterocycles. The van der Waals surface area contributed by atoms with E-state index in [0.717, 1.165) is 12.6 Å². The van der Waals surface area contributed by atoms with Gasteiger partial charge < -0.3 is 10.1 Å². The van der Waals surface area contributed by atoms with Crippen LogP contribution in [0.2, 0.25) is 0 Å². The number of ether oxygens (including phenoxy) is 1. The zero-order valence-electron chi connectivity index (χ0n) is 11.5. The molecule has 0 amide bonds. The number of hydrogen-bond donors (Lipinski definition) is 1. The minimum absolute atomic E-state index is 0.487. The van der Waals surface area contributed by atoms with E-state index in [-0.39, 0.29) is 0 Å². The van der Waals surface area contributed by atoms with Crippen LogP contribution in [0.25, 0.3) is 0 Å². The van der Waals surface area contributed by atoms with Gasteiger partial charge in [0.05, 0.1) is 12.2 Å². The number of likely N-dealkylation sites (tertiary alicyclic amines) is 1. The highest BCUT2D eigenvalue weighted by Crippen LogP contribution is 2.24. The van der Waals surface area contributed by atoms with E-state index < -0.39 is 0 Å². The molecule has 3 unspecified atom stereocenters. The van der Waals surface area contributed by atoms with E-state index in [4.69, 9.17) is 4.74 Å². The summed E-state index contributed by atoms with van der Waals surface area (Å²) in [4.78, 5) is 2.68. The van der Waals surface area contributed by atoms with E-state index in [1.54, 1.807) is 0 Å². The minimum atomic E-state index is 0.487. The number of hydrogen-bond acceptors (Lipinski definition) is 3. The Morgan fingerprint density at radius 2 is 2.12 bits per heavy atom. The second-order valence-corrected chi connectivity index (χ2v) is 5.68. The van der Waals surface area contributed by atoms with Gasteiger partial charge >= 0.3 is 0 Å². The first kappa shape index (κ1) is 13.3. The standard InChI is InChI=1S/C14H28N2O/c1-12-6-7-14(17-12)11-16-10-4-3-5-13(16)8-9-15-2/h12-15H,3-11H2,1-2H3. The highest BCUT2D eigenvalue weighted by Gasteiger charge is 2.28. The average molecular weight is 240 g/mol. The molecule has 0 bridgehead atoms. The predicted octanol–water partition coefficient (Wildman–Crippen LogP) is 2.02. The molecule has 1 N–H and O–H groups in total. The van der Waals surface area contributed by atoms with Crippen molar-refractivity contribution >= 4 is 0 Å². The van der Waals surface area contributed by atoms with Gasteiger partial charge in [0.2, 0.25) is 0 Å². The van der Waals surface area contributed by atoms with Gasteiger partial charge in [-0.3, -0.25) is 4.90 Å². The van der Waals surface area contributed by atoms with Crippen LogP contribution in [0.5, 0.6) is 0 Å². The SMILES string of the molecule is CNCCC1CCCCN1CC1CCC(C)O1. The Morgan fingerprint density at radius 3 is 2.82 bits per heavy atom. The molecule has 2 aliphatic heterocycles. The number of nitrogens with zero attached hydrogens (tertiary/aromatic N) is 1. The number of rotatable bonds is 5. The molecule has 2 rings (SSSR count). The summed E-state index contributed by atoms with van der Waals surface area (Å²) in [5.74, 6) is 0. The summed E-state index contributed by atoms with van der Waals surface area (Å²) < 4.78 is 5.96. The third-order valence-corrected chi connectivity index (χ3v) is 4.23. The van der Waals surface area contributed by atoms with Gasteiger partial charge in [-0.1, -0.05) is 6.42 Å². The first-order valence-corrected chi connectivity index (χ1v) is 7.33. The summed E-state index contributed by atoms with van der Waals surface area (Å²) in [5, 5.41) is 3.28. The van der Waals surface area contributed by atoms with Crippen molar-refractivity contribution in [3.05, 3.63) is 0 Å². The second kappa shape index (κ2) is 6.72. The van der Waals surface area contributed by atoms with Crippen molar-refractivity contribution in [1.29, 1.82) is 0 Å². The Morgan fingerprint density at radius 1 is 1.24 bits per heavy atom. The molecule has 3 nitrogen and oxygen atoms in total. The fourth-order valence-electron chi connectivity index (χ4n) is 3.22. The average Bonchev–Trinajstić information content (AvgIpc) is 2.74. The zero-order chi connectivity index (χ0) is 12.1. The van der Waals surface area contributed by atoms with Crippen LogP contribution in [0.4, 0.5) is 0 Å². The van der Waals surface area contributed by atoms with Crippen LogP contribution >= 0.6 is 0 Å². The third kappa shape index (κ3) is 3.94. The van der Waals surface area contributed by atoms with Gasteiger partial charge in [0.15, 0.2) is 0 Å².